The molecule has 0 unspecified atom stereocenters. The minimum Gasteiger partial charge on any atom is -0.336 e. The number of amides is 1. The molecule has 2 aromatic carbocycles. The van der Waals surface area contributed by atoms with E-state index in [-0.39, 0.29) is 11.7 Å². The topological polar surface area (TPSA) is 40.6 Å². The van der Waals surface area contributed by atoms with E-state index in [9.17, 15) is 14.0 Å². The van der Waals surface area contributed by atoms with Crippen molar-refractivity contribution in [1.82, 2.24) is 9.80 Å². The van der Waals surface area contributed by atoms with Gasteiger partial charge in [0.1, 0.15) is 5.82 Å². The van der Waals surface area contributed by atoms with Crippen LogP contribution in [-0.2, 0) is 0 Å². The van der Waals surface area contributed by atoms with E-state index in [2.05, 4.69) is 18.7 Å². The third-order valence-electron chi connectivity index (χ3n) is 5.11. The molecule has 1 heterocycles. The van der Waals surface area contributed by atoms with Gasteiger partial charge in [0.25, 0.3) is 5.91 Å². The molecule has 5 heteroatoms. The van der Waals surface area contributed by atoms with Crippen molar-refractivity contribution in [2.75, 3.05) is 26.2 Å². The Kier molecular flexibility index (Phi) is 5.71. The second-order valence-corrected chi connectivity index (χ2v) is 7.25. The summed E-state index contributed by atoms with van der Waals surface area (Å²) in [4.78, 5) is 29.0. The van der Waals surface area contributed by atoms with Gasteiger partial charge in [0, 0.05) is 43.3 Å². The van der Waals surface area contributed by atoms with Gasteiger partial charge in [-0.05, 0) is 62.2 Å². The Balaban J connectivity index is 1.86. The Hall–Kier alpha value is -2.53. The van der Waals surface area contributed by atoms with Gasteiger partial charge in [-0.1, -0.05) is 12.1 Å². The molecule has 1 saturated heterocycles. The SMILES string of the molecule is CC(=O)c1ccc(F)cc1-c1cccc(C(=O)N2CCN(C(C)C)CC2)c1. The first-order valence-electron chi connectivity index (χ1n) is 9.31. The molecule has 0 atom stereocenters. The summed E-state index contributed by atoms with van der Waals surface area (Å²) in [6.45, 7) is 8.89. The van der Waals surface area contributed by atoms with Crippen molar-refractivity contribution in [2.24, 2.45) is 0 Å². The first kappa shape index (κ1) is 19.2. The van der Waals surface area contributed by atoms with Crippen molar-refractivity contribution < 1.29 is 14.0 Å². The molecule has 0 spiro atoms. The number of benzene rings is 2. The standard InChI is InChI=1S/C22H25FN2O2/c1-15(2)24-9-11-25(12-10-24)22(27)18-6-4-5-17(13-18)21-14-19(23)7-8-20(21)16(3)26/h4-8,13-15H,9-12H2,1-3H3. The first-order valence-corrected chi connectivity index (χ1v) is 9.31. The molecule has 27 heavy (non-hydrogen) atoms. The molecule has 1 aliphatic heterocycles. The lowest BCUT2D eigenvalue weighted by Gasteiger charge is -2.37. The zero-order valence-electron chi connectivity index (χ0n) is 16.0. The molecule has 2 aromatic rings. The van der Waals surface area contributed by atoms with Crippen molar-refractivity contribution in [2.45, 2.75) is 26.8 Å². The van der Waals surface area contributed by atoms with Gasteiger partial charge in [-0.25, -0.2) is 4.39 Å². The lowest BCUT2D eigenvalue weighted by atomic mass is 9.96. The molecule has 0 radical (unpaired) electrons. The summed E-state index contributed by atoms with van der Waals surface area (Å²) in [5.41, 5.74) is 2.20. The molecule has 0 saturated carbocycles. The average molecular weight is 368 g/mol. The Morgan fingerprint density at radius 3 is 2.33 bits per heavy atom. The van der Waals surface area contributed by atoms with Crippen LogP contribution < -0.4 is 0 Å². The van der Waals surface area contributed by atoms with Crippen LogP contribution in [0, 0.1) is 5.82 Å². The number of hydrogen-bond acceptors (Lipinski definition) is 3. The number of Topliss-reactive ketones (excluding diaryl/α,β-unsaturated/α-hetero) is 1. The van der Waals surface area contributed by atoms with Crippen molar-refractivity contribution >= 4 is 11.7 Å². The largest absolute Gasteiger partial charge is 0.336 e. The summed E-state index contributed by atoms with van der Waals surface area (Å²) in [5.74, 6) is -0.566. The zero-order valence-corrected chi connectivity index (χ0v) is 16.0. The fourth-order valence-corrected chi connectivity index (χ4v) is 3.51. The number of hydrogen-bond donors (Lipinski definition) is 0. The Labute approximate surface area is 159 Å². The second-order valence-electron chi connectivity index (χ2n) is 7.25. The zero-order chi connectivity index (χ0) is 19.6. The second kappa shape index (κ2) is 8.01. The van der Waals surface area contributed by atoms with E-state index in [1.165, 1.54) is 25.1 Å². The van der Waals surface area contributed by atoms with E-state index in [4.69, 9.17) is 0 Å². The molecule has 3 rings (SSSR count). The highest BCUT2D eigenvalue weighted by atomic mass is 19.1. The van der Waals surface area contributed by atoms with Gasteiger partial charge in [-0.15, -0.1) is 0 Å². The van der Waals surface area contributed by atoms with Gasteiger partial charge in [0.05, 0.1) is 0 Å². The maximum atomic E-state index is 13.8. The molecular formula is C22H25FN2O2. The molecule has 0 bridgehead atoms. The molecule has 1 aliphatic rings. The van der Waals surface area contributed by atoms with Crippen molar-refractivity contribution in [3.05, 3.63) is 59.4 Å². The summed E-state index contributed by atoms with van der Waals surface area (Å²) < 4.78 is 13.8. The molecule has 1 fully saturated rings. The van der Waals surface area contributed by atoms with Gasteiger partial charge >= 0.3 is 0 Å². The molecule has 1 amide bonds. The van der Waals surface area contributed by atoms with Crippen LogP contribution in [0.15, 0.2) is 42.5 Å². The van der Waals surface area contributed by atoms with Crippen LogP contribution in [-0.4, -0.2) is 53.7 Å². The molecule has 4 nitrogen and oxygen atoms in total. The third-order valence-corrected chi connectivity index (χ3v) is 5.11. The average Bonchev–Trinajstić information content (AvgIpc) is 2.67. The Bertz CT molecular complexity index is 855. The Morgan fingerprint density at radius 2 is 1.70 bits per heavy atom. The summed E-state index contributed by atoms with van der Waals surface area (Å²) in [6, 6.07) is 11.7. The number of ketones is 1. The highest BCUT2D eigenvalue weighted by molar-refractivity contribution is 6.02. The van der Waals surface area contributed by atoms with Crippen molar-refractivity contribution in [3.8, 4) is 11.1 Å². The molecule has 0 aliphatic carbocycles. The first-order chi connectivity index (χ1) is 12.9. The normalized spacial score (nSPS) is 15.2. The van der Waals surface area contributed by atoms with E-state index in [1.54, 1.807) is 24.3 Å². The fourth-order valence-electron chi connectivity index (χ4n) is 3.51. The summed E-state index contributed by atoms with van der Waals surface area (Å²) in [5, 5.41) is 0. The summed E-state index contributed by atoms with van der Waals surface area (Å²) in [7, 11) is 0. The van der Waals surface area contributed by atoms with Crippen LogP contribution in [0.1, 0.15) is 41.5 Å². The van der Waals surface area contributed by atoms with Crippen LogP contribution in [0.5, 0.6) is 0 Å². The molecule has 0 N–H and O–H groups in total. The van der Waals surface area contributed by atoms with E-state index >= 15 is 0 Å². The predicted octanol–water partition coefficient (Wildman–Crippen LogP) is 3.86. The number of halogens is 1. The quantitative estimate of drug-likeness (QED) is 0.770. The lowest BCUT2D eigenvalue weighted by Crippen LogP contribution is -2.50. The molecule has 0 aromatic heterocycles. The van der Waals surface area contributed by atoms with E-state index < -0.39 is 5.82 Å². The highest BCUT2D eigenvalue weighted by Crippen LogP contribution is 2.26. The summed E-state index contributed by atoms with van der Waals surface area (Å²) in [6.07, 6.45) is 0. The van der Waals surface area contributed by atoms with Gasteiger partial charge in [-0.2, -0.15) is 0 Å². The van der Waals surface area contributed by atoms with Crippen LogP contribution in [0.3, 0.4) is 0 Å². The van der Waals surface area contributed by atoms with Gasteiger partial charge in [0.2, 0.25) is 0 Å². The van der Waals surface area contributed by atoms with Gasteiger partial charge < -0.3 is 4.90 Å². The highest BCUT2D eigenvalue weighted by Gasteiger charge is 2.23. The molecular weight excluding hydrogens is 343 g/mol. The maximum Gasteiger partial charge on any atom is 0.253 e. The van der Waals surface area contributed by atoms with Crippen molar-refractivity contribution in [3.63, 3.8) is 0 Å². The summed E-state index contributed by atoms with van der Waals surface area (Å²) >= 11 is 0. The van der Waals surface area contributed by atoms with Crippen molar-refractivity contribution in [1.29, 1.82) is 0 Å². The van der Waals surface area contributed by atoms with Gasteiger partial charge in [0.15, 0.2) is 5.78 Å². The number of nitrogens with zero attached hydrogens (tertiary/aromatic N) is 2. The number of rotatable bonds is 4. The smallest absolute Gasteiger partial charge is 0.253 e. The van der Waals surface area contributed by atoms with Crippen LogP contribution in [0.25, 0.3) is 11.1 Å². The predicted molar refractivity (Wildman–Crippen MR) is 104 cm³/mol. The number of piperazine rings is 1. The minimum absolute atomic E-state index is 0.0268. The fraction of sp³-hybridized carbons (Fsp3) is 0.364. The van der Waals surface area contributed by atoms with Crippen LogP contribution in [0.4, 0.5) is 4.39 Å². The molecule has 142 valence electrons. The monoisotopic (exact) mass is 368 g/mol. The Morgan fingerprint density at radius 1 is 1.00 bits per heavy atom. The number of carbonyl (C=O) groups is 2. The van der Waals surface area contributed by atoms with Crippen LogP contribution >= 0.6 is 0 Å². The van der Waals surface area contributed by atoms with Gasteiger partial charge in [-0.3, -0.25) is 14.5 Å². The third kappa shape index (κ3) is 4.25. The van der Waals surface area contributed by atoms with E-state index in [0.29, 0.717) is 41.4 Å². The minimum atomic E-state index is -0.406. The maximum absolute atomic E-state index is 13.8. The number of carbonyl (C=O) groups excluding carboxylic acids is 2. The lowest BCUT2D eigenvalue weighted by molar-refractivity contribution is 0.0595. The van der Waals surface area contributed by atoms with Crippen LogP contribution in [0.2, 0.25) is 0 Å². The van der Waals surface area contributed by atoms with E-state index in [0.717, 1.165) is 13.1 Å². The van der Waals surface area contributed by atoms with E-state index in [1.807, 2.05) is 4.90 Å².